The number of carbonyl (C=O) groups is 2. The molecule has 270 valence electrons. The van der Waals surface area contributed by atoms with Gasteiger partial charge in [-0.3, -0.25) is 14.9 Å². The van der Waals surface area contributed by atoms with Crippen LogP contribution in [0.2, 0.25) is 0 Å². The minimum Gasteiger partial charge on any atom is -0.390 e. The number of nitrogens with zero attached hydrogens (tertiary/aromatic N) is 2. The van der Waals surface area contributed by atoms with Crippen molar-refractivity contribution in [3.05, 3.63) is 95.5 Å². The van der Waals surface area contributed by atoms with Crippen molar-refractivity contribution in [1.29, 1.82) is 0 Å². The van der Waals surface area contributed by atoms with Crippen LogP contribution >= 0.6 is 11.3 Å². The van der Waals surface area contributed by atoms with Crippen LogP contribution in [0.25, 0.3) is 10.2 Å². The van der Waals surface area contributed by atoms with E-state index in [4.69, 9.17) is 0 Å². The average molecular weight is 722 g/mol. The topological polar surface area (TPSA) is 141 Å². The van der Waals surface area contributed by atoms with Crippen molar-refractivity contribution >= 4 is 43.4 Å². The lowest BCUT2D eigenvalue weighted by Gasteiger charge is -2.35. The predicted octanol–water partition coefficient (Wildman–Crippen LogP) is 5.09. The van der Waals surface area contributed by atoms with Crippen LogP contribution in [0.3, 0.4) is 0 Å². The average Bonchev–Trinajstić information content (AvgIpc) is 3.54. The van der Waals surface area contributed by atoms with Gasteiger partial charge in [-0.15, -0.1) is 11.3 Å². The summed E-state index contributed by atoms with van der Waals surface area (Å²) in [5, 5.41) is 21.0. The van der Waals surface area contributed by atoms with Gasteiger partial charge in [-0.2, -0.15) is 4.31 Å². The highest BCUT2D eigenvalue weighted by Gasteiger charge is 2.37. The van der Waals surface area contributed by atoms with Gasteiger partial charge in [0.25, 0.3) is 0 Å². The van der Waals surface area contributed by atoms with Crippen molar-refractivity contribution in [3.63, 3.8) is 0 Å². The Kier molecular flexibility index (Phi) is 13.0. The smallest absolute Gasteiger partial charge is 0.243 e. The van der Waals surface area contributed by atoms with E-state index in [0.717, 1.165) is 15.8 Å². The molecule has 10 nitrogen and oxygen atoms in total. The summed E-state index contributed by atoms with van der Waals surface area (Å²) in [4.78, 5) is 31.7. The number of fused-ring (bicyclic) bond motifs is 1. The number of benzene rings is 3. The summed E-state index contributed by atoms with van der Waals surface area (Å²) in [5.74, 6) is -0.862. The van der Waals surface area contributed by atoms with E-state index in [2.05, 4.69) is 20.9 Å². The highest BCUT2D eigenvalue weighted by atomic mass is 32.2. The first-order valence-corrected chi connectivity index (χ1v) is 19.2. The molecule has 0 bridgehead atoms. The van der Waals surface area contributed by atoms with Crippen LogP contribution in [0, 0.1) is 11.3 Å². The Balaban J connectivity index is 1.55. The van der Waals surface area contributed by atoms with E-state index in [0.29, 0.717) is 5.52 Å². The first kappa shape index (κ1) is 39.1. The molecule has 12 heteroatoms. The zero-order chi connectivity index (χ0) is 36.7. The lowest BCUT2D eigenvalue weighted by Crippen LogP contribution is -2.59. The normalized spacial score (nSPS) is 14.4. The highest BCUT2D eigenvalue weighted by Crippen LogP contribution is 2.26. The number of hydrogen-bond donors (Lipinski definition) is 4. The predicted molar refractivity (Wildman–Crippen MR) is 200 cm³/mol. The van der Waals surface area contributed by atoms with Gasteiger partial charge in [-0.1, -0.05) is 95.3 Å². The molecular weight excluding hydrogens is 671 g/mol. The van der Waals surface area contributed by atoms with Crippen LogP contribution < -0.4 is 16.0 Å². The number of amides is 2. The van der Waals surface area contributed by atoms with Crippen LogP contribution in [0.1, 0.15) is 59.6 Å². The molecule has 3 atom stereocenters. The zero-order valence-corrected chi connectivity index (χ0v) is 31.6. The van der Waals surface area contributed by atoms with Crippen molar-refractivity contribution in [3.8, 4) is 0 Å². The molecule has 0 aliphatic rings. The van der Waals surface area contributed by atoms with Gasteiger partial charge >= 0.3 is 0 Å². The molecule has 4 aromatic rings. The van der Waals surface area contributed by atoms with Crippen molar-refractivity contribution < 1.29 is 23.1 Å². The third-order valence-electron chi connectivity index (χ3n) is 8.61. The summed E-state index contributed by atoms with van der Waals surface area (Å²) in [5.41, 5.74) is 2.96. The monoisotopic (exact) mass is 721 g/mol. The van der Waals surface area contributed by atoms with Crippen LogP contribution in [0.5, 0.6) is 0 Å². The van der Waals surface area contributed by atoms with E-state index >= 15 is 0 Å². The molecule has 0 saturated carbocycles. The molecule has 2 amide bonds. The van der Waals surface area contributed by atoms with Crippen LogP contribution in [0.4, 0.5) is 0 Å². The molecule has 0 radical (unpaired) electrons. The van der Waals surface area contributed by atoms with Crippen molar-refractivity contribution in [2.24, 2.45) is 11.3 Å². The van der Waals surface area contributed by atoms with E-state index in [1.165, 1.54) is 15.6 Å². The summed E-state index contributed by atoms with van der Waals surface area (Å²) >= 11 is 1.43. The molecule has 4 rings (SSSR count). The maximum absolute atomic E-state index is 14.0. The fraction of sp³-hybridized carbons (Fsp3) is 0.447. The first-order valence-electron chi connectivity index (χ1n) is 16.9. The Morgan fingerprint density at radius 2 is 1.54 bits per heavy atom. The van der Waals surface area contributed by atoms with Crippen molar-refractivity contribution in [2.45, 2.75) is 83.5 Å². The maximum atomic E-state index is 14.0. The fourth-order valence-electron chi connectivity index (χ4n) is 5.72. The number of aliphatic hydroxyl groups excluding tert-OH is 1. The third kappa shape index (κ3) is 10.4. The van der Waals surface area contributed by atoms with Gasteiger partial charge in [0.05, 0.1) is 39.3 Å². The van der Waals surface area contributed by atoms with E-state index in [1.54, 1.807) is 23.7 Å². The molecule has 0 aliphatic carbocycles. The number of aromatic nitrogens is 1. The number of hydrogen-bond acceptors (Lipinski definition) is 8. The minimum atomic E-state index is -4.03. The molecule has 1 aromatic heterocycles. The van der Waals surface area contributed by atoms with Crippen molar-refractivity contribution in [2.75, 3.05) is 19.6 Å². The van der Waals surface area contributed by atoms with Gasteiger partial charge in [-0.25, -0.2) is 13.4 Å². The lowest BCUT2D eigenvalue weighted by molar-refractivity contribution is -0.132. The second kappa shape index (κ2) is 16.6. The van der Waals surface area contributed by atoms with Gasteiger partial charge in [0.1, 0.15) is 6.04 Å². The zero-order valence-electron chi connectivity index (χ0n) is 30.0. The maximum Gasteiger partial charge on any atom is 0.243 e. The summed E-state index contributed by atoms with van der Waals surface area (Å²) in [6.07, 6.45) is -1.04. The quantitative estimate of drug-likeness (QED) is 0.126. The number of thiazole rings is 1. The number of carbonyl (C=O) groups excluding carboxylic acids is 2. The van der Waals surface area contributed by atoms with Gasteiger partial charge in [0.2, 0.25) is 21.8 Å². The Morgan fingerprint density at radius 3 is 2.16 bits per heavy atom. The molecule has 1 heterocycles. The van der Waals surface area contributed by atoms with E-state index in [1.807, 2.05) is 109 Å². The molecule has 50 heavy (non-hydrogen) atoms. The van der Waals surface area contributed by atoms with Gasteiger partial charge < -0.3 is 15.7 Å². The number of sulfonamides is 1. The second-order valence-electron chi connectivity index (χ2n) is 14.8. The third-order valence-corrected chi connectivity index (χ3v) is 11.2. The number of nitrogens with one attached hydrogen (secondary N) is 3. The van der Waals surface area contributed by atoms with Crippen LogP contribution in [-0.2, 0) is 31.6 Å². The van der Waals surface area contributed by atoms with E-state index in [9.17, 15) is 23.1 Å². The highest BCUT2D eigenvalue weighted by molar-refractivity contribution is 7.89. The molecule has 0 aliphatic heterocycles. The first-order chi connectivity index (χ1) is 23.5. The SMILES string of the molecule is CC(C)CN(C[C@@H](O)[C@H](Cc1ccccc1)NC(=O)[C@@H](NC(=O)CNC(C)(C)c1ccccc1)C(C)(C)C)S(=O)(=O)c1ccc2scnc2c1. The van der Waals surface area contributed by atoms with Crippen molar-refractivity contribution in [1.82, 2.24) is 25.2 Å². The molecule has 0 unspecified atom stereocenters. The summed E-state index contributed by atoms with van der Waals surface area (Å²) < 4.78 is 30.2. The summed E-state index contributed by atoms with van der Waals surface area (Å²) in [6.45, 7) is 13.3. The molecule has 0 fully saturated rings. The molecular formula is C38H51N5O5S2. The Morgan fingerprint density at radius 1 is 0.900 bits per heavy atom. The summed E-state index contributed by atoms with van der Waals surface area (Å²) in [6, 6.07) is 22.2. The van der Waals surface area contributed by atoms with E-state index in [-0.39, 0.29) is 42.8 Å². The Hall–Kier alpha value is -3.68. The molecule has 0 spiro atoms. The lowest BCUT2D eigenvalue weighted by atomic mass is 9.85. The summed E-state index contributed by atoms with van der Waals surface area (Å²) in [7, 11) is -4.03. The number of rotatable bonds is 16. The fourth-order valence-corrected chi connectivity index (χ4v) is 8.02. The molecule has 3 aromatic carbocycles. The Labute approximate surface area is 300 Å². The van der Waals surface area contributed by atoms with E-state index < -0.39 is 45.1 Å². The molecule has 0 saturated heterocycles. The van der Waals surface area contributed by atoms with Gasteiger partial charge in [-0.05, 0) is 60.9 Å². The van der Waals surface area contributed by atoms with Crippen LogP contribution in [0.15, 0.2) is 89.3 Å². The number of aliphatic hydroxyl groups is 1. The Bertz CT molecular complexity index is 1820. The van der Waals surface area contributed by atoms with Gasteiger partial charge in [0, 0.05) is 18.6 Å². The molecule has 4 N–H and O–H groups in total. The largest absolute Gasteiger partial charge is 0.390 e. The minimum absolute atomic E-state index is 0.0213. The van der Waals surface area contributed by atoms with Crippen LogP contribution in [-0.4, -0.2) is 72.4 Å². The van der Waals surface area contributed by atoms with Gasteiger partial charge in [0.15, 0.2) is 0 Å². The standard InChI is InChI=1S/C38H51N5O5S2/c1-26(2)23-43(50(47,48)29-18-19-33-31(21-29)39-25-49-33)24-32(44)30(20-27-14-10-8-11-15-27)41-36(46)35(37(3,4)5)42-34(45)22-40-38(6,7)28-16-12-9-13-17-28/h8-19,21,25-26,30,32,35,40,44H,20,22-24H2,1-7H3,(H,41,46)(H,42,45)/t30-,32+,35+/m0/s1. The second-order valence-corrected chi connectivity index (χ2v) is 17.6.